The maximum Gasteiger partial charge on any atom is 0.185 e. The molecule has 4 rings (SSSR count). The van der Waals surface area contributed by atoms with Gasteiger partial charge in [0.25, 0.3) is 0 Å². The summed E-state index contributed by atoms with van der Waals surface area (Å²) in [6.45, 7) is 5.66. The molecule has 3 heterocycles. The van der Waals surface area contributed by atoms with Gasteiger partial charge in [0.1, 0.15) is 0 Å². The largest absolute Gasteiger partial charge is 0.348 e. The molecule has 0 radical (unpaired) electrons. The van der Waals surface area contributed by atoms with Crippen LogP contribution >= 0.6 is 22.9 Å². The molecule has 1 unspecified atom stereocenters. The van der Waals surface area contributed by atoms with E-state index in [0.29, 0.717) is 5.92 Å². The van der Waals surface area contributed by atoms with Crippen LogP contribution in [0.25, 0.3) is 0 Å². The van der Waals surface area contributed by atoms with Crippen molar-refractivity contribution in [1.82, 2.24) is 9.88 Å². The van der Waals surface area contributed by atoms with Gasteiger partial charge >= 0.3 is 0 Å². The second-order valence-electron chi connectivity index (χ2n) is 6.58. The van der Waals surface area contributed by atoms with Crippen LogP contribution in [0.15, 0.2) is 30.5 Å². The van der Waals surface area contributed by atoms with Crippen molar-refractivity contribution in [3.05, 3.63) is 45.9 Å². The van der Waals surface area contributed by atoms with Gasteiger partial charge in [-0.25, -0.2) is 4.98 Å². The number of likely N-dealkylation sites (tertiary alicyclic amines) is 1. The van der Waals surface area contributed by atoms with Gasteiger partial charge in [0.15, 0.2) is 5.13 Å². The second-order valence-corrected chi connectivity index (χ2v) is 8.11. The molecule has 2 aliphatic rings. The number of hydrogen-bond donors (Lipinski definition) is 0. The van der Waals surface area contributed by atoms with Gasteiger partial charge in [0, 0.05) is 42.3 Å². The highest BCUT2D eigenvalue weighted by molar-refractivity contribution is 7.15. The zero-order valence-corrected chi connectivity index (χ0v) is 14.8. The van der Waals surface area contributed by atoms with E-state index in [0.717, 1.165) is 24.7 Å². The first-order chi connectivity index (χ1) is 11.3. The molecular formula is C18H22ClN3S. The number of anilines is 1. The zero-order valence-electron chi connectivity index (χ0n) is 13.2. The van der Waals surface area contributed by atoms with Crippen LogP contribution in [0, 0.1) is 0 Å². The Hall–Kier alpha value is -1.10. The molecule has 23 heavy (non-hydrogen) atoms. The summed E-state index contributed by atoms with van der Waals surface area (Å²) in [5.74, 6) is 0.611. The van der Waals surface area contributed by atoms with Crippen molar-refractivity contribution >= 4 is 28.1 Å². The van der Waals surface area contributed by atoms with Crippen molar-refractivity contribution in [2.45, 2.75) is 31.7 Å². The van der Waals surface area contributed by atoms with Crippen LogP contribution in [-0.4, -0.2) is 36.1 Å². The van der Waals surface area contributed by atoms with Gasteiger partial charge in [-0.1, -0.05) is 23.7 Å². The predicted octanol–water partition coefficient (Wildman–Crippen LogP) is 4.39. The van der Waals surface area contributed by atoms with Gasteiger partial charge in [-0.2, -0.15) is 0 Å². The summed E-state index contributed by atoms with van der Waals surface area (Å²) >= 11 is 8.00. The van der Waals surface area contributed by atoms with Gasteiger partial charge in [-0.05, 0) is 49.4 Å². The fraction of sp³-hybridized carbons (Fsp3) is 0.500. The monoisotopic (exact) mass is 347 g/mol. The van der Waals surface area contributed by atoms with Crippen LogP contribution in [0.3, 0.4) is 0 Å². The quantitative estimate of drug-likeness (QED) is 0.817. The Balaban J connectivity index is 1.37. The molecule has 1 aromatic heterocycles. The highest BCUT2D eigenvalue weighted by Crippen LogP contribution is 2.31. The molecule has 2 aromatic rings. The lowest BCUT2D eigenvalue weighted by atomic mass is 9.99. The lowest BCUT2D eigenvalue weighted by Gasteiger charge is -2.15. The Morgan fingerprint density at radius 3 is 2.91 bits per heavy atom. The molecule has 0 bridgehead atoms. The Morgan fingerprint density at radius 2 is 2.09 bits per heavy atom. The first-order valence-electron chi connectivity index (χ1n) is 8.45. The summed E-state index contributed by atoms with van der Waals surface area (Å²) in [4.78, 5) is 11.0. The average molecular weight is 348 g/mol. The van der Waals surface area contributed by atoms with Gasteiger partial charge in [0.2, 0.25) is 0 Å². The molecule has 0 aliphatic carbocycles. The van der Waals surface area contributed by atoms with E-state index in [1.165, 1.54) is 47.9 Å². The van der Waals surface area contributed by atoms with Crippen LogP contribution in [0.4, 0.5) is 5.13 Å². The zero-order chi connectivity index (χ0) is 15.6. The Kier molecular flexibility index (Phi) is 4.56. The molecule has 122 valence electrons. The maximum absolute atomic E-state index is 6.13. The summed E-state index contributed by atoms with van der Waals surface area (Å²) in [5, 5.41) is 2.06. The van der Waals surface area contributed by atoms with Gasteiger partial charge in [-0.3, -0.25) is 4.90 Å². The lowest BCUT2D eigenvalue weighted by Crippen LogP contribution is -2.19. The van der Waals surface area contributed by atoms with Crippen LogP contribution < -0.4 is 4.90 Å². The van der Waals surface area contributed by atoms with Crippen molar-refractivity contribution in [2.75, 3.05) is 31.1 Å². The number of halogens is 1. The first-order valence-corrected chi connectivity index (χ1v) is 9.65. The van der Waals surface area contributed by atoms with Crippen molar-refractivity contribution in [1.29, 1.82) is 0 Å². The highest BCUT2D eigenvalue weighted by Gasteiger charge is 2.25. The van der Waals surface area contributed by atoms with Gasteiger partial charge < -0.3 is 4.90 Å². The summed E-state index contributed by atoms with van der Waals surface area (Å²) < 4.78 is 0. The maximum atomic E-state index is 6.13. The second kappa shape index (κ2) is 6.80. The van der Waals surface area contributed by atoms with Crippen molar-refractivity contribution < 1.29 is 0 Å². The minimum atomic E-state index is 0.611. The van der Waals surface area contributed by atoms with E-state index in [1.54, 1.807) is 0 Å². The van der Waals surface area contributed by atoms with E-state index in [-0.39, 0.29) is 0 Å². The standard InChI is InChI=1S/C18H22ClN3S/c19-16-5-3-4-14(10-16)15-6-9-21(12-15)13-17-11-20-18(23-17)22-7-1-2-8-22/h3-5,10-11,15H,1-2,6-9,12-13H2. The van der Waals surface area contributed by atoms with E-state index < -0.39 is 0 Å². The summed E-state index contributed by atoms with van der Waals surface area (Å²) in [6.07, 6.45) is 5.91. The Morgan fingerprint density at radius 1 is 1.22 bits per heavy atom. The molecule has 0 N–H and O–H groups in total. The van der Waals surface area contributed by atoms with E-state index in [2.05, 4.69) is 39.2 Å². The molecule has 0 spiro atoms. The molecule has 1 atom stereocenters. The number of nitrogens with zero attached hydrogens (tertiary/aromatic N) is 3. The van der Waals surface area contributed by atoms with Crippen molar-refractivity contribution in [2.24, 2.45) is 0 Å². The average Bonchev–Trinajstić information content (AvgIpc) is 3.29. The third kappa shape index (κ3) is 3.54. The Labute approximate surface area is 146 Å². The molecule has 2 aliphatic heterocycles. The van der Waals surface area contributed by atoms with E-state index >= 15 is 0 Å². The van der Waals surface area contributed by atoms with Crippen LogP contribution in [-0.2, 0) is 6.54 Å². The van der Waals surface area contributed by atoms with Crippen LogP contribution in [0.5, 0.6) is 0 Å². The normalized spacial score (nSPS) is 22.1. The fourth-order valence-corrected chi connectivity index (χ4v) is 4.86. The molecule has 1 aromatic carbocycles. The highest BCUT2D eigenvalue weighted by atomic mass is 35.5. The number of thiazole rings is 1. The van der Waals surface area contributed by atoms with Gasteiger partial charge in [0.05, 0.1) is 0 Å². The Bertz CT molecular complexity index is 666. The number of aromatic nitrogens is 1. The van der Waals surface area contributed by atoms with E-state index in [9.17, 15) is 0 Å². The smallest absolute Gasteiger partial charge is 0.185 e. The van der Waals surface area contributed by atoms with Crippen LogP contribution in [0.2, 0.25) is 5.02 Å². The molecule has 0 amide bonds. The molecule has 2 fully saturated rings. The molecule has 3 nitrogen and oxygen atoms in total. The molecule has 2 saturated heterocycles. The van der Waals surface area contributed by atoms with Gasteiger partial charge in [-0.15, -0.1) is 11.3 Å². The van der Waals surface area contributed by atoms with E-state index in [1.807, 2.05) is 17.4 Å². The number of hydrogen-bond acceptors (Lipinski definition) is 4. The number of rotatable bonds is 4. The molecular weight excluding hydrogens is 326 g/mol. The van der Waals surface area contributed by atoms with Crippen molar-refractivity contribution in [3.8, 4) is 0 Å². The first kappa shape index (κ1) is 15.4. The third-order valence-corrected chi connectivity index (χ3v) is 6.17. The summed E-state index contributed by atoms with van der Waals surface area (Å²) in [6, 6.07) is 8.34. The van der Waals surface area contributed by atoms with E-state index in [4.69, 9.17) is 11.6 Å². The van der Waals surface area contributed by atoms with Crippen molar-refractivity contribution in [3.63, 3.8) is 0 Å². The predicted molar refractivity (Wildman–Crippen MR) is 97.6 cm³/mol. The minimum Gasteiger partial charge on any atom is -0.348 e. The third-order valence-electron chi connectivity index (χ3n) is 4.89. The lowest BCUT2D eigenvalue weighted by molar-refractivity contribution is 0.329. The topological polar surface area (TPSA) is 19.4 Å². The minimum absolute atomic E-state index is 0.611. The number of benzene rings is 1. The molecule has 5 heteroatoms. The summed E-state index contributed by atoms with van der Waals surface area (Å²) in [5.41, 5.74) is 1.38. The van der Waals surface area contributed by atoms with Crippen LogP contribution in [0.1, 0.15) is 35.6 Å². The SMILES string of the molecule is Clc1cccc(C2CCN(Cc3cnc(N4CCCC4)s3)C2)c1. The summed E-state index contributed by atoms with van der Waals surface area (Å²) in [7, 11) is 0. The molecule has 0 saturated carbocycles. The fourth-order valence-electron chi connectivity index (χ4n) is 3.65.